The molecule has 4 nitrogen and oxygen atoms in total. The van der Waals surface area contributed by atoms with E-state index in [0.717, 1.165) is 51.2 Å². The molecule has 114 valence electrons. The number of rotatable bonds is 10. The molecule has 0 saturated carbocycles. The predicted molar refractivity (Wildman–Crippen MR) is 83.2 cm³/mol. The Bertz CT molecular complexity index is 368. The van der Waals surface area contributed by atoms with E-state index >= 15 is 0 Å². The van der Waals surface area contributed by atoms with Gasteiger partial charge >= 0.3 is 0 Å². The van der Waals surface area contributed by atoms with Gasteiger partial charge in [-0.2, -0.15) is 0 Å². The molecule has 4 heteroatoms. The molecule has 1 N–H and O–H groups in total. The largest absolute Gasteiger partial charge is 0.381 e. The van der Waals surface area contributed by atoms with Crippen LogP contribution in [0.15, 0.2) is 0 Å². The van der Waals surface area contributed by atoms with Gasteiger partial charge in [-0.25, -0.2) is 9.97 Å². The van der Waals surface area contributed by atoms with Crippen LogP contribution in [-0.2, 0) is 30.4 Å². The van der Waals surface area contributed by atoms with Crippen molar-refractivity contribution in [2.24, 2.45) is 0 Å². The number of nitrogens with one attached hydrogen (secondary N) is 1. The van der Waals surface area contributed by atoms with E-state index in [4.69, 9.17) is 14.7 Å². The molecule has 0 atom stereocenters. The second-order valence-corrected chi connectivity index (χ2v) is 4.77. The Morgan fingerprint density at radius 3 is 2.10 bits per heavy atom. The van der Waals surface area contributed by atoms with Gasteiger partial charge in [-0.3, -0.25) is 0 Å². The van der Waals surface area contributed by atoms with Crippen molar-refractivity contribution in [2.75, 3.05) is 26.3 Å². The third kappa shape index (κ3) is 5.17. The lowest BCUT2D eigenvalue weighted by Crippen LogP contribution is -2.19. The lowest BCUT2D eigenvalue weighted by molar-refractivity contribution is 0.149. The third-order valence-corrected chi connectivity index (χ3v) is 3.37. The summed E-state index contributed by atoms with van der Waals surface area (Å²) in [6, 6.07) is 0. The molecule has 0 radical (unpaired) electrons. The molecule has 0 unspecified atom stereocenters. The van der Waals surface area contributed by atoms with Gasteiger partial charge in [0.1, 0.15) is 5.82 Å². The Morgan fingerprint density at radius 1 is 0.950 bits per heavy atom. The van der Waals surface area contributed by atoms with E-state index in [2.05, 4.69) is 26.1 Å². The highest BCUT2D eigenvalue weighted by Gasteiger charge is 2.11. The summed E-state index contributed by atoms with van der Waals surface area (Å²) in [6.07, 6.45) is 3.77. The van der Waals surface area contributed by atoms with Crippen molar-refractivity contribution < 1.29 is 4.74 Å². The maximum atomic E-state index is 5.40. The van der Waals surface area contributed by atoms with E-state index < -0.39 is 0 Å². The van der Waals surface area contributed by atoms with Crippen molar-refractivity contribution in [2.45, 2.75) is 53.4 Å². The summed E-state index contributed by atoms with van der Waals surface area (Å²) < 4.78 is 5.40. The van der Waals surface area contributed by atoms with Crippen molar-refractivity contribution in [3.8, 4) is 0 Å². The lowest BCUT2D eigenvalue weighted by Gasteiger charge is -2.14. The summed E-state index contributed by atoms with van der Waals surface area (Å²) in [4.78, 5) is 9.46. The van der Waals surface area contributed by atoms with Gasteiger partial charge in [0.05, 0.1) is 6.61 Å². The summed E-state index contributed by atoms with van der Waals surface area (Å²) in [5, 5.41) is 3.38. The second kappa shape index (κ2) is 9.83. The average molecular weight is 279 g/mol. The molecular formula is C16H29N3O. The van der Waals surface area contributed by atoms with Crippen LogP contribution < -0.4 is 5.32 Å². The van der Waals surface area contributed by atoms with E-state index in [1.165, 1.54) is 17.0 Å². The Balaban J connectivity index is 2.86. The number of likely N-dealkylation sites (N-methyl/N-ethyl adjacent to an activating group) is 1. The quantitative estimate of drug-likeness (QED) is 0.668. The van der Waals surface area contributed by atoms with Crippen molar-refractivity contribution in [3.05, 3.63) is 22.8 Å². The molecule has 0 amide bonds. The first kappa shape index (κ1) is 17.1. The molecule has 0 aliphatic rings. The number of hydrogen-bond donors (Lipinski definition) is 1. The van der Waals surface area contributed by atoms with Crippen LogP contribution in [0.3, 0.4) is 0 Å². The minimum absolute atomic E-state index is 0.708. The summed E-state index contributed by atoms with van der Waals surface area (Å²) in [6.45, 7) is 12.0. The van der Waals surface area contributed by atoms with Crippen molar-refractivity contribution in [1.82, 2.24) is 15.3 Å². The van der Waals surface area contributed by atoms with Gasteiger partial charge < -0.3 is 10.1 Å². The van der Waals surface area contributed by atoms with Gasteiger partial charge in [0.25, 0.3) is 0 Å². The molecule has 1 aromatic rings. The van der Waals surface area contributed by atoms with Gasteiger partial charge in [0.2, 0.25) is 0 Å². The Labute approximate surface area is 123 Å². The maximum Gasteiger partial charge on any atom is 0.131 e. The molecule has 0 saturated heterocycles. The Kier molecular flexibility index (Phi) is 8.38. The van der Waals surface area contributed by atoms with E-state index in [0.29, 0.717) is 6.61 Å². The molecule has 20 heavy (non-hydrogen) atoms. The standard InChI is InChI=1S/C16H29N3O/c1-5-14-13(9-11-17-7-3)15(6-2)19-16(18-14)10-12-20-8-4/h17H,5-12H2,1-4H3. The van der Waals surface area contributed by atoms with Gasteiger partial charge in [-0.05, 0) is 44.8 Å². The zero-order valence-electron chi connectivity index (χ0n) is 13.5. The maximum absolute atomic E-state index is 5.40. The molecule has 0 fully saturated rings. The first-order valence-electron chi connectivity index (χ1n) is 7.92. The number of aromatic nitrogens is 2. The summed E-state index contributed by atoms with van der Waals surface area (Å²) in [5.41, 5.74) is 3.76. The predicted octanol–water partition coefficient (Wildman–Crippen LogP) is 2.33. The van der Waals surface area contributed by atoms with Gasteiger partial charge in [0.15, 0.2) is 0 Å². The number of nitrogens with zero attached hydrogens (tertiary/aromatic N) is 2. The van der Waals surface area contributed by atoms with Crippen LogP contribution in [-0.4, -0.2) is 36.3 Å². The normalized spacial score (nSPS) is 11.0. The lowest BCUT2D eigenvalue weighted by atomic mass is 10.0. The fraction of sp³-hybridized carbons (Fsp3) is 0.750. The molecule has 0 aromatic carbocycles. The highest BCUT2D eigenvalue weighted by Crippen LogP contribution is 2.14. The molecule has 0 bridgehead atoms. The van der Waals surface area contributed by atoms with Crippen LogP contribution in [0.4, 0.5) is 0 Å². The minimum Gasteiger partial charge on any atom is -0.381 e. The third-order valence-electron chi connectivity index (χ3n) is 3.37. The Morgan fingerprint density at radius 2 is 1.60 bits per heavy atom. The molecular weight excluding hydrogens is 250 g/mol. The molecule has 0 spiro atoms. The van der Waals surface area contributed by atoms with Crippen LogP contribution in [0.2, 0.25) is 0 Å². The van der Waals surface area contributed by atoms with Crippen LogP contribution in [0.1, 0.15) is 50.5 Å². The topological polar surface area (TPSA) is 47.0 Å². The molecule has 1 aromatic heterocycles. The SMILES string of the molecule is CCNCCc1c(CC)nc(CCOCC)nc1CC. The van der Waals surface area contributed by atoms with Gasteiger partial charge in [-0.1, -0.05) is 20.8 Å². The Hall–Kier alpha value is -1.00. The molecule has 0 aliphatic heterocycles. The van der Waals surface area contributed by atoms with E-state index in [-0.39, 0.29) is 0 Å². The number of aryl methyl sites for hydroxylation is 2. The first-order valence-corrected chi connectivity index (χ1v) is 7.92. The highest BCUT2D eigenvalue weighted by molar-refractivity contribution is 5.27. The summed E-state index contributed by atoms with van der Waals surface area (Å²) in [7, 11) is 0. The highest BCUT2D eigenvalue weighted by atomic mass is 16.5. The van der Waals surface area contributed by atoms with Crippen LogP contribution in [0.25, 0.3) is 0 Å². The van der Waals surface area contributed by atoms with Crippen LogP contribution >= 0.6 is 0 Å². The number of hydrogen-bond acceptors (Lipinski definition) is 4. The second-order valence-electron chi connectivity index (χ2n) is 4.77. The van der Waals surface area contributed by atoms with Crippen molar-refractivity contribution in [3.63, 3.8) is 0 Å². The van der Waals surface area contributed by atoms with E-state index in [1.54, 1.807) is 0 Å². The van der Waals surface area contributed by atoms with Crippen molar-refractivity contribution in [1.29, 1.82) is 0 Å². The van der Waals surface area contributed by atoms with Crippen LogP contribution in [0, 0.1) is 0 Å². The number of ether oxygens (including phenoxy) is 1. The average Bonchev–Trinajstić information content (AvgIpc) is 2.48. The monoisotopic (exact) mass is 279 g/mol. The molecule has 1 rings (SSSR count). The van der Waals surface area contributed by atoms with Gasteiger partial charge in [0, 0.05) is 24.4 Å². The zero-order valence-corrected chi connectivity index (χ0v) is 13.5. The van der Waals surface area contributed by atoms with Crippen LogP contribution in [0.5, 0.6) is 0 Å². The van der Waals surface area contributed by atoms with Crippen molar-refractivity contribution >= 4 is 0 Å². The smallest absolute Gasteiger partial charge is 0.131 e. The fourth-order valence-corrected chi connectivity index (χ4v) is 2.32. The summed E-state index contributed by atoms with van der Waals surface area (Å²) >= 11 is 0. The van der Waals surface area contributed by atoms with E-state index in [1.807, 2.05) is 6.92 Å². The fourth-order valence-electron chi connectivity index (χ4n) is 2.32. The molecule has 1 heterocycles. The summed E-state index contributed by atoms with van der Waals surface area (Å²) in [5.74, 6) is 0.930. The minimum atomic E-state index is 0.708. The van der Waals surface area contributed by atoms with Gasteiger partial charge in [-0.15, -0.1) is 0 Å². The molecule has 0 aliphatic carbocycles. The van der Waals surface area contributed by atoms with E-state index in [9.17, 15) is 0 Å². The zero-order chi connectivity index (χ0) is 14.8. The first-order chi connectivity index (χ1) is 9.76.